The van der Waals surface area contributed by atoms with Gasteiger partial charge in [-0.05, 0) is 40.5 Å². The minimum absolute atomic E-state index is 0.255. The molecule has 0 unspecified atom stereocenters. The quantitative estimate of drug-likeness (QED) is 0.800. The van der Waals surface area contributed by atoms with Crippen molar-refractivity contribution in [2.24, 2.45) is 0 Å². The van der Waals surface area contributed by atoms with Gasteiger partial charge in [0, 0.05) is 12.0 Å². The highest BCUT2D eigenvalue weighted by atomic mass is 79.9. The van der Waals surface area contributed by atoms with E-state index in [1.165, 1.54) is 12.1 Å². The van der Waals surface area contributed by atoms with Crippen LogP contribution in [0.15, 0.2) is 34.9 Å². The number of hydrogen-bond donors (Lipinski definition) is 0. The SMILES string of the molecule is CCCc1nc(Br)cc(-c2cccc(F)c2)n1. The van der Waals surface area contributed by atoms with E-state index in [-0.39, 0.29) is 5.82 Å². The molecule has 0 aliphatic rings. The first-order valence-corrected chi connectivity index (χ1v) is 6.27. The van der Waals surface area contributed by atoms with Crippen molar-refractivity contribution < 1.29 is 4.39 Å². The number of benzene rings is 1. The van der Waals surface area contributed by atoms with Gasteiger partial charge >= 0.3 is 0 Å². The Kier molecular flexibility index (Phi) is 3.84. The van der Waals surface area contributed by atoms with Gasteiger partial charge in [0.25, 0.3) is 0 Å². The highest BCUT2D eigenvalue weighted by Gasteiger charge is 2.05. The van der Waals surface area contributed by atoms with Gasteiger partial charge in [-0.3, -0.25) is 0 Å². The summed E-state index contributed by atoms with van der Waals surface area (Å²) in [6, 6.07) is 8.22. The Morgan fingerprint density at radius 2 is 2.06 bits per heavy atom. The van der Waals surface area contributed by atoms with E-state index in [4.69, 9.17) is 0 Å². The van der Waals surface area contributed by atoms with Crippen LogP contribution < -0.4 is 0 Å². The van der Waals surface area contributed by atoms with Gasteiger partial charge in [0.15, 0.2) is 0 Å². The summed E-state index contributed by atoms with van der Waals surface area (Å²) in [7, 11) is 0. The zero-order valence-electron chi connectivity index (χ0n) is 9.45. The van der Waals surface area contributed by atoms with E-state index in [2.05, 4.69) is 32.8 Å². The van der Waals surface area contributed by atoms with Crippen LogP contribution in [0.2, 0.25) is 0 Å². The molecule has 0 bridgehead atoms. The zero-order valence-corrected chi connectivity index (χ0v) is 11.0. The van der Waals surface area contributed by atoms with Crippen molar-refractivity contribution in [1.82, 2.24) is 9.97 Å². The van der Waals surface area contributed by atoms with Gasteiger partial charge in [0.05, 0.1) is 5.69 Å². The lowest BCUT2D eigenvalue weighted by Crippen LogP contribution is -1.97. The highest BCUT2D eigenvalue weighted by molar-refractivity contribution is 9.10. The summed E-state index contributed by atoms with van der Waals surface area (Å²) < 4.78 is 13.9. The van der Waals surface area contributed by atoms with E-state index in [1.54, 1.807) is 12.1 Å². The topological polar surface area (TPSA) is 25.8 Å². The molecule has 0 saturated carbocycles. The fourth-order valence-electron chi connectivity index (χ4n) is 1.60. The minimum Gasteiger partial charge on any atom is -0.233 e. The van der Waals surface area contributed by atoms with Crippen LogP contribution in [0.25, 0.3) is 11.3 Å². The second kappa shape index (κ2) is 5.36. The van der Waals surface area contributed by atoms with E-state index >= 15 is 0 Å². The third kappa shape index (κ3) is 3.09. The molecule has 0 N–H and O–H groups in total. The number of hydrogen-bond acceptors (Lipinski definition) is 2. The van der Waals surface area contributed by atoms with Gasteiger partial charge in [-0.1, -0.05) is 19.1 Å². The first-order chi connectivity index (χ1) is 8.19. The summed E-state index contributed by atoms with van der Waals surface area (Å²) >= 11 is 3.35. The van der Waals surface area contributed by atoms with Crippen molar-refractivity contribution in [1.29, 1.82) is 0 Å². The zero-order chi connectivity index (χ0) is 12.3. The first-order valence-electron chi connectivity index (χ1n) is 5.48. The Balaban J connectivity index is 2.44. The molecule has 1 aromatic heterocycles. The second-order valence-corrected chi connectivity index (χ2v) is 4.56. The lowest BCUT2D eigenvalue weighted by atomic mass is 10.1. The Morgan fingerprint density at radius 3 is 2.76 bits per heavy atom. The molecule has 1 aromatic carbocycles. The normalized spacial score (nSPS) is 10.5. The molecule has 0 atom stereocenters. The van der Waals surface area contributed by atoms with Crippen LogP contribution in [-0.2, 0) is 6.42 Å². The monoisotopic (exact) mass is 294 g/mol. The smallest absolute Gasteiger partial charge is 0.130 e. The lowest BCUT2D eigenvalue weighted by molar-refractivity contribution is 0.628. The van der Waals surface area contributed by atoms with Crippen molar-refractivity contribution in [3.05, 3.63) is 46.6 Å². The van der Waals surface area contributed by atoms with Crippen LogP contribution in [0, 0.1) is 5.82 Å². The largest absolute Gasteiger partial charge is 0.233 e. The molecule has 0 radical (unpaired) electrons. The molecule has 1 heterocycles. The lowest BCUT2D eigenvalue weighted by Gasteiger charge is -2.04. The Morgan fingerprint density at radius 1 is 1.24 bits per heavy atom. The average molecular weight is 295 g/mol. The van der Waals surface area contributed by atoms with Crippen molar-refractivity contribution in [3.63, 3.8) is 0 Å². The summed E-state index contributed by atoms with van der Waals surface area (Å²) in [5, 5.41) is 0. The van der Waals surface area contributed by atoms with Crippen LogP contribution in [-0.4, -0.2) is 9.97 Å². The number of rotatable bonds is 3. The standard InChI is InChI=1S/C13H12BrFN2/c1-2-4-13-16-11(8-12(14)17-13)9-5-3-6-10(15)7-9/h3,5-8H,2,4H2,1H3. The number of aryl methyl sites for hydroxylation is 1. The first kappa shape index (κ1) is 12.2. The van der Waals surface area contributed by atoms with E-state index in [1.807, 2.05) is 6.07 Å². The predicted octanol–water partition coefficient (Wildman–Crippen LogP) is 4.00. The molecule has 0 aliphatic carbocycles. The van der Waals surface area contributed by atoms with Crippen molar-refractivity contribution >= 4 is 15.9 Å². The molecule has 0 saturated heterocycles. The maximum atomic E-state index is 13.1. The molecule has 2 aromatic rings. The van der Waals surface area contributed by atoms with Gasteiger partial charge < -0.3 is 0 Å². The fraction of sp³-hybridized carbons (Fsp3) is 0.231. The fourth-order valence-corrected chi connectivity index (χ4v) is 2.02. The van der Waals surface area contributed by atoms with Crippen LogP contribution in [0.4, 0.5) is 4.39 Å². The summed E-state index contributed by atoms with van der Waals surface area (Å²) in [5.41, 5.74) is 1.51. The van der Waals surface area contributed by atoms with Crippen molar-refractivity contribution in [2.75, 3.05) is 0 Å². The van der Waals surface area contributed by atoms with Gasteiger partial charge in [0.2, 0.25) is 0 Å². The molecule has 17 heavy (non-hydrogen) atoms. The third-order valence-corrected chi connectivity index (χ3v) is 2.74. The number of halogens is 2. The van der Waals surface area contributed by atoms with Crippen molar-refractivity contribution in [3.8, 4) is 11.3 Å². The highest BCUT2D eigenvalue weighted by Crippen LogP contribution is 2.21. The second-order valence-electron chi connectivity index (χ2n) is 3.75. The maximum absolute atomic E-state index is 13.1. The van der Waals surface area contributed by atoms with Gasteiger partial charge in [-0.2, -0.15) is 0 Å². The molecule has 2 nitrogen and oxygen atoms in total. The van der Waals surface area contributed by atoms with Gasteiger partial charge in [0.1, 0.15) is 16.2 Å². The molecular weight excluding hydrogens is 283 g/mol. The molecule has 2 rings (SSSR count). The van der Waals surface area contributed by atoms with E-state index in [9.17, 15) is 4.39 Å². The van der Waals surface area contributed by atoms with Gasteiger partial charge in [-0.15, -0.1) is 0 Å². The Hall–Kier alpha value is -1.29. The van der Waals surface area contributed by atoms with Crippen LogP contribution >= 0.6 is 15.9 Å². The molecule has 88 valence electrons. The molecule has 0 fully saturated rings. The summed E-state index contributed by atoms with van der Waals surface area (Å²) in [6.45, 7) is 2.08. The summed E-state index contributed by atoms with van der Waals surface area (Å²) in [5.74, 6) is 0.524. The predicted molar refractivity (Wildman–Crippen MR) is 69.1 cm³/mol. The minimum atomic E-state index is -0.255. The third-order valence-electron chi connectivity index (χ3n) is 2.34. The van der Waals surface area contributed by atoms with E-state index < -0.39 is 0 Å². The van der Waals surface area contributed by atoms with Crippen LogP contribution in [0.5, 0.6) is 0 Å². The number of aromatic nitrogens is 2. The van der Waals surface area contributed by atoms with Crippen LogP contribution in [0.1, 0.15) is 19.2 Å². The summed E-state index contributed by atoms with van der Waals surface area (Å²) in [4.78, 5) is 8.71. The Labute approximate surface area is 108 Å². The maximum Gasteiger partial charge on any atom is 0.130 e. The van der Waals surface area contributed by atoms with E-state index in [0.29, 0.717) is 0 Å². The van der Waals surface area contributed by atoms with Crippen molar-refractivity contribution in [2.45, 2.75) is 19.8 Å². The van der Waals surface area contributed by atoms with E-state index in [0.717, 1.165) is 34.5 Å². The van der Waals surface area contributed by atoms with Gasteiger partial charge in [-0.25, -0.2) is 14.4 Å². The van der Waals surface area contributed by atoms with Crippen LogP contribution in [0.3, 0.4) is 0 Å². The molecule has 0 spiro atoms. The summed E-state index contributed by atoms with van der Waals surface area (Å²) in [6.07, 6.45) is 1.81. The average Bonchev–Trinajstić information content (AvgIpc) is 2.28. The molecule has 0 amide bonds. The molecule has 4 heteroatoms. The number of nitrogens with zero attached hydrogens (tertiary/aromatic N) is 2. The molecule has 0 aliphatic heterocycles. The molecular formula is C13H12BrFN2. The Bertz CT molecular complexity index is 529.